The highest BCUT2D eigenvalue weighted by molar-refractivity contribution is 6.00. The van der Waals surface area contributed by atoms with Crippen molar-refractivity contribution in [3.63, 3.8) is 0 Å². The highest BCUT2D eigenvalue weighted by atomic mass is 16.2. The van der Waals surface area contributed by atoms with Gasteiger partial charge in [0.15, 0.2) is 0 Å². The van der Waals surface area contributed by atoms with Crippen LogP contribution in [0.2, 0.25) is 0 Å². The molecule has 86 valence electrons. The van der Waals surface area contributed by atoms with Crippen molar-refractivity contribution in [1.82, 2.24) is 5.43 Å². The molecule has 0 spiro atoms. The Bertz CT molecular complexity index is 357. The molecule has 0 heterocycles. The first-order valence-electron chi connectivity index (χ1n) is 5.62. The van der Waals surface area contributed by atoms with Crippen LogP contribution < -0.4 is 5.43 Å². The number of nitrogens with zero attached hydrogens (tertiary/aromatic N) is 1. The van der Waals surface area contributed by atoms with Crippen molar-refractivity contribution < 1.29 is 4.79 Å². The van der Waals surface area contributed by atoms with Gasteiger partial charge in [0, 0.05) is 6.92 Å². The van der Waals surface area contributed by atoms with Crippen LogP contribution >= 0.6 is 0 Å². The molecule has 3 heteroatoms. The molecule has 0 saturated carbocycles. The lowest BCUT2D eigenvalue weighted by Crippen LogP contribution is -2.16. The monoisotopic (exact) mass is 218 g/mol. The molecular weight excluding hydrogens is 200 g/mol. The van der Waals surface area contributed by atoms with E-state index in [2.05, 4.69) is 17.5 Å². The first-order chi connectivity index (χ1) is 7.74. The number of benzene rings is 1. The summed E-state index contributed by atoms with van der Waals surface area (Å²) < 4.78 is 0. The van der Waals surface area contributed by atoms with Gasteiger partial charge in [-0.2, -0.15) is 5.10 Å². The Labute approximate surface area is 96.6 Å². The fourth-order valence-electron chi connectivity index (χ4n) is 1.39. The molecule has 0 unspecified atom stereocenters. The van der Waals surface area contributed by atoms with Crippen molar-refractivity contribution in [2.24, 2.45) is 5.10 Å². The molecule has 0 aliphatic carbocycles. The van der Waals surface area contributed by atoms with E-state index in [9.17, 15) is 4.79 Å². The summed E-state index contributed by atoms with van der Waals surface area (Å²) >= 11 is 0. The normalized spacial score (nSPS) is 11.2. The summed E-state index contributed by atoms with van der Waals surface area (Å²) in [5, 5.41) is 4.15. The number of hydrazone groups is 1. The summed E-state index contributed by atoms with van der Waals surface area (Å²) in [4.78, 5) is 10.8. The van der Waals surface area contributed by atoms with Crippen LogP contribution in [0.25, 0.3) is 0 Å². The van der Waals surface area contributed by atoms with Gasteiger partial charge in [-0.3, -0.25) is 4.79 Å². The molecule has 16 heavy (non-hydrogen) atoms. The van der Waals surface area contributed by atoms with E-state index in [4.69, 9.17) is 0 Å². The van der Waals surface area contributed by atoms with E-state index >= 15 is 0 Å². The number of hydrogen-bond acceptors (Lipinski definition) is 2. The third-order valence-corrected chi connectivity index (χ3v) is 2.22. The number of carbonyl (C=O) groups is 1. The van der Waals surface area contributed by atoms with Crippen molar-refractivity contribution in [2.45, 2.75) is 33.1 Å². The van der Waals surface area contributed by atoms with Crippen molar-refractivity contribution >= 4 is 11.6 Å². The summed E-state index contributed by atoms with van der Waals surface area (Å²) in [6.45, 7) is 3.60. The zero-order valence-electron chi connectivity index (χ0n) is 9.86. The van der Waals surface area contributed by atoms with Gasteiger partial charge in [0.05, 0.1) is 5.71 Å². The third-order valence-electron chi connectivity index (χ3n) is 2.22. The molecule has 0 aliphatic heterocycles. The van der Waals surface area contributed by atoms with Crippen LogP contribution in [0.1, 0.15) is 38.7 Å². The van der Waals surface area contributed by atoms with Crippen LogP contribution in [-0.2, 0) is 4.79 Å². The fourth-order valence-corrected chi connectivity index (χ4v) is 1.39. The van der Waals surface area contributed by atoms with Crippen LogP contribution in [0, 0.1) is 0 Å². The summed E-state index contributed by atoms with van der Waals surface area (Å²) in [5.41, 5.74) is 4.52. The molecule has 1 aromatic rings. The largest absolute Gasteiger partial charge is 0.274 e. The van der Waals surface area contributed by atoms with Crippen LogP contribution in [-0.4, -0.2) is 11.6 Å². The lowest BCUT2D eigenvalue weighted by Gasteiger charge is -2.05. The van der Waals surface area contributed by atoms with E-state index in [1.54, 1.807) is 0 Å². The van der Waals surface area contributed by atoms with Crippen molar-refractivity contribution in [2.75, 3.05) is 0 Å². The predicted molar refractivity (Wildman–Crippen MR) is 66.3 cm³/mol. The smallest absolute Gasteiger partial charge is 0.236 e. The maximum Gasteiger partial charge on any atom is 0.236 e. The average molecular weight is 218 g/mol. The van der Waals surface area contributed by atoms with E-state index in [1.165, 1.54) is 6.92 Å². The van der Waals surface area contributed by atoms with Gasteiger partial charge < -0.3 is 0 Å². The van der Waals surface area contributed by atoms with Crippen LogP contribution in [0.3, 0.4) is 0 Å². The van der Waals surface area contributed by atoms with Crippen molar-refractivity contribution in [1.29, 1.82) is 0 Å². The Kier molecular flexibility index (Phi) is 5.26. The van der Waals surface area contributed by atoms with E-state index < -0.39 is 0 Å². The molecule has 0 fully saturated rings. The lowest BCUT2D eigenvalue weighted by molar-refractivity contribution is -0.118. The topological polar surface area (TPSA) is 41.5 Å². The molecule has 0 aliphatic rings. The summed E-state index contributed by atoms with van der Waals surface area (Å²) in [5.74, 6) is -0.134. The minimum atomic E-state index is -0.134. The minimum absolute atomic E-state index is 0.134. The van der Waals surface area contributed by atoms with Crippen LogP contribution in [0.5, 0.6) is 0 Å². The number of nitrogens with one attached hydrogen (secondary N) is 1. The standard InChI is InChI=1S/C13H18N2O/c1-3-4-10-13(15-14-11(2)16)12-8-6-5-7-9-12/h5-9H,3-4,10H2,1-2H3,(H,14,16)/b15-13+. The Balaban J connectivity index is 2.78. The molecule has 1 N–H and O–H groups in total. The molecular formula is C13H18N2O. The van der Waals surface area contributed by atoms with E-state index in [-0.39, 0.29) is 5.91 Å². The Morgan fingerprint density at radius 3 is 2.56 bits per heavy atom. The molecule has 1 rings (SSSR count). The van der Waals surface area contributed by atoms with Crippen LogP contribution in [0.15, 0.2) is 35.4 Å². The number of carbonyl (C=O) groups excluding carboxylic acids is 1. The maximum atomic E-state index is 10.8. The number of unbranched alkanes of at least 4 members (excludes halogenated alkanes) is 1. The molecule has 0 bridgehead atoms. The van der Waals surface area contributed by atoms with Crippen molar-refractivity contribution in [3.05, 3.63) is 35.9 Å². The van der Waals surface area contributed by atoms with Crippen molar-refractivity contribution in [3.8, 4) is 0 Å². The maximum absolute atomic E-state index is 10.8. The zero-order valence-corrected chi connectivity index (χ0v) is 9.86. The number of amides is 1. The van der Waals surface area contributed by atoms with E-state index in [0.29, 0.717) is 0 Å². The van der Waals surface area contributed by atoms with Gasteiger partial charge in [0.2, 0.25) is 5.91 Å². The molecule has 3 nitrogen and oxygen atoms in total. The van der Waals surface area contributed by atoms with E-state index in [1.807, 2.05) is 30.3 Å². The van der Waals surface area contributed by atoms with Gasteiger partial charge in [-0.15, -0.1) is 0 Å². The summed E-state index contributed by atoms with van der Waals surface area (Å²) in [6, 6.07) is 9.95. The quantitative estimate of drug-likeness (QED) is 0.599. The second-order valence-electron chi connectivity index (χ2n) is 3.70. The molecule has 1 aromatic carbocycles. The average Bonchev–Trinajstić information content (AvgIpc) is 2.30. The number of rotatable bonds is 5. The second-order valence-corrected chi connectivity index (χ2v) is 3.70. The van der Waals surface area contributed by atoms with Gasteiger partial charge in [-0.1, -0.05) is 43.7 Å². The van der Waals surface area contributed by atoms with Crippen LogP contribution in [0.4, 0.5) is 0 Å². The fraction of sp³-hybridized carbons (Fsp3) is 0.385. The van der Waals surface area contributed by atoms with Gasteiger partial charge in [0.1, 0.15) is 0 Å². The summed E-state index contributed by atoms with van der Waals surface area (Å²) in [6.07, 6.45) is 3.08. The first-order valence-corrected chi connectivity index (χ1v) is 5.62. The molecule has 0 atom stereocenters. The number of hydrogen-bond donors (Lipinski definition) is 1. The highest BCUT2D eigenvalue weighted by Crippen LogP contribution is 2.07. The second kappa shape index (κ2) is 6.77. The Morgan fingerprint density at radius 1 is 1.31 bits per heavy atom. The Morgan fingerprint density at radius 2 is 2.00 bits per heavy atom. The minimum Gasteiger partial charge on any atom is -0.274 e. The molecule has 0 radical (unpaired) electrons. The van der Waals surface area contributed by atoms with Gasteiger partial charge in [-0.25, -0.2) is 5.43 Å². The van der Waals surface area contributed by atoms with Gasteiger partial charge in [0.25, 0.3) is 0 Å². The predicted octanol–water partition coefficient (Wildman–Crippen LogP) is 2.72. The highest BCUT2D eigenvalue weighted by Gasteiger charge is 2.02. The molecule has 0 aromatic heterocycles. The first kappa shape index (κ1) is 12.4. The third kappa shape index (κ3) is 4.26. The zero-order chi connectivity index (χ0) is 11.8. The van der Waals surface area contributed by atoms with Gasteiger partial charge >= 0.3 is 0 Å². The summed E-state index contributed by atoms with van der Waals surface area (Å²) in [7, 11) is 0. The van der Waals surface area contributed by atoms with Gasteiger partial charge in [-0.05, 0) is 18.4 Å². The Hall–Kier alpha value is -1.64. The van der Waals surface area contributed by atoms with E-state index in [0.717, 1.165) is 30.5 Å². The lowest BCUT2D eigenvalue weighted by atomic mass is 10.1. The molecule has 1 amide bonds. The molecule has 0 saturated heterocycles. The SMILES string of the molecule is CCCC/C(=N\NC(C)=O)c1ccccc1.